The Hall–Kier alpha value is -2.60. The third-order valence-corrected chi connectivity index (χ3v) is 6.23. The highest BCUT2D eigenvalue weighted by atomic mass is 19.1. The molecule has 1 N–H and O–H groups in total. The Morgan fingerprint density at radius 2 is 1.40 bits per heavy atom. The van der Waals surface area contributed by atoms with E-state index in [9.17, 15) is 9.18 Å². The molecule has 2 aromatic carbocycles. The SMILES string of the molecule is CC1CCN(c2ccc(NC(=O)CN3CCN(c4ccc(F)cc4)CC3)cc2)CC1. The van der Waals surface area contributed by atoms with Crippen LogP contribution in [-0.2, 0) is 4.79 Å². The summed E-state index contributed by atoms with van der Waals surface area (Å²) in [6.45, 7) is 8.23. The van der Waals surface area contributed by atoms with Crippen LogP contribution in [0.4, 0.5) is 21.5 Å². The summed E-state index contributed by atoms with van der Waals surface area (Å²) in [6.07, 6.45) is 2.49. The van der Waals surface area contributed by atoms with Gasteiger partial charge < -0.3 is 15.1 Å². The van der Waals surface area contributed by atoms with Crippen molar-refractivity contribution in [3.8, 4) is 0 Å². The van der Waals surface area contributed by atoms with Crippen molar-refractivity contribution < 1.29 is 9.18 Å². The van der Waals surface area contributed by atoms with Crippen molar-refractivity contribution in [2.45, 2.75) is 19.8 Å². The standard InChI is InChI=1S/C24H31FN4O/c1-19-10-12-28(13-11-19)23-8-4-21(5-9-23)26-24(30)18-27-14-16-29(17-15-27)22-6-2-20(25)3-7-22/h2-9,19H,10-18H2,1H3,(H,26,30). The van der Waals surface area contributed by atoms with Crippen LogP contribution in [0.5, 0.6) is 0 Å². The highest BCUT2D eigenvalue weighted by molar-refractivity contribution is 5.92. The largest absolute Gasteiger partial charge is 0.372 e. The van der Waals surface area contributed by atoms with Gasteiger partial charge in [-0.15, -0.1) is 0 Å². The molecule has 1 amide bonds. The van der Waals surface area contributed by atoms with Crippen molar-refractivity contribution in [3.63, 3.8) is 0 Å². The second-order valence-electron chi connectivity index (χ2n) is 8.50. The molecular formula is C24H31FN4O. The summed E-state index contributed by atoms with van der Waals surface area (Å²) in [7, 11) is 0. The minimum atomic E-state index is -0.215. The molecule has 0 bridgehead atoms. The van der Waals surface area contributed by atoms with Gasteiger partial charge in [-0.1, -0.05) is 6.92 Å². The van der Waals surface area contributed by atoms with Crippen molar-refractivity contribution in [1.29, 1.82) is 0 Å². The second-order valence-corrected chi connectivity index (χ2v) is 8.50. The lowest BCUT2D eigenvalue weighted by molar-refractivity contribution is -0.117. The third kappa shape index (κ3) is 5.30. The number of amides is 1. The van der Waals surface area contributed by atoms with E-state index in [1.807, 2.05) is 24.3 Å². The lowest BCUT2D eigenvalue weighted by Crippen LogP contribution is -2.48. The lowest BCUT2D eigenvalue weighted by atomic mass is 9.99. The first-order valence-electron chi connectivity index (χ1n) is 10.9. The monoisotopic (exact) mass is 410 g/mol. The summed E-state index contributed by atoms with van der Waals surface area (Å²) in [4.78, 5) is 19.3. The van der Waals surface area contributed by atoms with Crippen molar-refractivity contribution in [1.82, 2.24) is 4.90 Å². The number of piperidine rings is 1. The summed E-state index contributed by atoms with van der Waals surface area (Å²) in [5.41, 5.74) is 3.11. The maximum Gasteiger partial charge on any atom is 0.238 e. The Balaban J connectivity index is 1.22. The fourth-order valence-electron chi connectivity index (χ4n) is 4.24. The van der Waals surface area contributed by atoms with Crippen LogP contribution in [-0.4, -0.2) is 56.6 Å². The maximum atomic E-state index is 13.1. The van der Waals surface area contributed by atoms with E-state index < -0.39 is 0 Å². The molecule has 2 fully saturated rings. The van der Waals surface area contributed by atoms with E-state index in [0.29, 0.717) is 6.54 Å². The molecule has 0 radical (unpaired) electrons. The predicted octanol–water partition coefficient (Wildman–Crippen LogP) is 3.82. The van der Waals surface area contributed by atoms with Gasteiger partial charge in [0.1, 0.15) is 5.82 Å². The number of anilines is 3. The molecule has 2 aliphatic rings. The van der Waals surface area contributed by atoms with Crippen LogP contribution in [0.2, 0.25) is 0 Å². The predicted molar refractivity (Wildman–Crippen MR) is 121 cm³/mol. The van der Waals surface area contributed by atoms with Gasteiger partial charge in [-0.3, -0.25) is 9.69 Å². The fourth-order valence-corrected chi connectivity index (χ4v) is 4.24. The molecule has 0 aromatic heterocycles. The van der Waals surface area contributed by atoms with E-state index in [2.05, 4.69) is 39.1 Å². The second kappa shape index (κ2) is 9.47. The van der Waals surface area contributed by atoms with Crippen LogP contribution >= 0.6 is 0 Å². The van der Waals surface area contributed by atoms with Gasteiger partial charge in [0, 0.05) is 56.3 Å². The number of rotatable bonds is 5. The number of benzene rings is 2. The zero-order chi connectivity index (χ0) is 20.9. The third-order valence-electron chi connectivity index (χ3n) is 6.23. The molecule has 2 aromatic rings. The van der Waals surface area contributed by atoms with E-state index in [4.69, 9.17) is 0 Å². The van der Waals surface area contributed by atoms with Crippen molar-refractivity contribution in [2.24, 2.45) is 5.92 Å². The minimum Gasteiger partial charge on any atom is -0.372 e. The average Bonchev–Trinajstić information content (AvgIpc) is 2.76. The highest BCUT2D eigenvalue weighted by Crippen LogP contribution is 2.24. The molecule has 0 spiro atoms. The Bertz CT molecular complexity index is 823. The van der Waals surface area contributed by atoms with Crippen LogP contribution in [0, 0.1) is 11.7 Å². The number of nitrogens with zero attached hydrogens (tertiary/aromatic N) is 3. The Morgan fingerprint density at radius 3 is 2.00 bits per heavy atom. The molecule has 6 heteroatoms. The number of halogens is 1. The molecule has 30 heavy (non-hydrogen) atoms. The van der Waals surface area contributed by atoms with E-state index in [1.54, 1.807) is 0 Å². The van der Waals surface area contributed by atoms with Crippen LogP contribution in [0.1, 0.15) is 19.8 Å². The molecular weight excluding hydrogens is 379 g/mol. The Morgan fingerprint density at radius 1 is 0.867 bits per heavy atom. The molecule has 5 nitrogen and oxygen atoms in total. The molecule has 0 aliphatic carbocycles. The van der Waals surface area contributed by atoms with Gasteiger partial charge in [-0.25, -0.2) is 4.39 Å². The Kier molecular flexibility index (Phi) is 6.53. The van der Waals surface area contributed by atoms with Crippen molar-refractivity contribution in [3.05, 3.63) is 54.3 Å². The van der Waals surface area contributed by atoms with Crippen LogP contribution in [0.15, 0.2) is 48.5 Å². The quantitative estimate of drug-likeness (QED) is 0.813. The lowest BCUT2D eigenvalue weighted by Gasteiger charge is -2.35. The summed E-state index contributed by atoms with van der Waals surface area (Å²) in [6, 6.07) is 14.8. The van der Waals surface area contributed by atoms with Crippen LogP contribution in [0.25, 0.3) is 0 Å². The smallest absolute Gasteiger partial charge is 0.238 e. The van der Waals surface area contributed by atoms with Gasteiger partial charge in [0.2, 0.25) is 5.91 Å². The summed E-state index contributed by atoms with van der Waals surface area (Å²) >= 11 is 0. The van der Waals surface area contributed by atoms with Gasteiger partial charge in [0.05, 0.1) is 6.54 Å². The fraction of sp³-hybridized carbons (Fsp3) is 0.458. The Labute approximate surface area is 178 Å². The molecule has 4 rings (SSSR count). The zero-order valence-electron chi connectivity index (χ0n) is 17.7. The summed E-state index contributed by atoms with van der Waals surface area (Å²) in [5.74, 6) is 0.620. The molecule has 2 saturated heterocycles. The van der Waals surface area contributed by atoms with Crippen molar-refractivity contribution >= 4 is 23.0 Å². The van der Waals surface area contributed by atoms with E-state index in [-0.39, 0.29) is 11.7 Å². The zero-order valence-corrected chi connectivity index (χ0v) is 17.7. The van der Waals surface area contributed by atoms with E-state index >= 15 is 0 Å². The summed E-state index contributed by atoms with van der Waals surface area (Å²) < 4.78 is 13.1. The normalized spacial score (nSPS) is 18.5. The minimum absolute atomic E-state index is 0.0183. The van der Waals surface area contributed by atoms with Gasteiger partial charge in [0.25, 0.3) is 0 Å². The molecule has 0 atom stereocenters. The topological polar surface area (TPSA) is 38.8 Å². The first-order valence-corrected chi connectivity index (χ1v) is 10.9. The van der Waals surface area contributed by atoms with Crippen molar-refractivity contribution in [2.75, 3.05) is 60.9 Å². The van der Waals surface area contributed by atoms with Gasteiger partial charge in [0.15, 0.2) is 0 Å². The summed E-state index contributed by atoms with van der Waals surface area (Å²) in [5, 5.41) is 3.02. The van der Waals surface area contributed by atoms with E-state index in [0.717, 1.165) is 56.6 Å². The first-order chi connectivity index (χ1) is 14.6. The van der Waals surface area contributed by atoms with Crippen LogP contribution < -0.4 is 15.1 Å². The van der Waals surface area contributed by atoms with E-state index in [1.165, 1.54) is 30.7 Å². The molecule has 2 aliphatic heterocycles. The highest BCUT2D eigenvalue weighted by Gasteiger charge is 2.20. The number of nitrogens with one attached hydrogen (secondary N) is 1. The van der Waals surface area contributed by atoms with Gasteiger partial charge >= 0.3 is 0 Å². The average molecular weight is 411 g/mol. The number of hydrogen-bond acceptors (Lipinski definition) is 4. The van der Waals surface area contributed by atoms with Gasteiger partial charge in [-0.05, 0) is 67.3 Å². The van der Waals surface area contributed by atoms with Gasteiger partial charge in [-0.2, -0.15) is 0 Å². The molecule has 160 valence electrons. The van der Waals surface area contributed by atoms with Crippen LogP contribution in [0.3, 0.4) is 0 Å². The number of hydrogen-bond donors (Lipinski definition) is 1. The number of piperazine rings is 1. The molecule has 2 heterocycles. The maximum absolute atomic E-state index is 13.1. The first kappa shape index (κ1) is 20.7. The number of carbonyl (C=O) groups is 1. The molecule has 0 unspecified atom stereocenters. The number of carbonyl (C=O) groups excluding carboxylic acids is 1. The molecule has 0 saturated carbocycles.